The minimum atomic E-state index is -3.16. The third-order valence-corrected chi connectivity index (χ3v) is 1.92. The molecule has 0 amide bonds. The molecular formula is C5H10O5Ti. The number of rotatable bonds is 6. The Morgan fingerprint density at radius 1 is 1.45 bits per heavy atom. The van der Waals surface area contributed by atoms with E-state index in [1.165, 1.54) is 14.2 Å². The van der Waals surface area contributed by atoms with Crippen LogP contribution in [0.25, 0.3) is 0 Å². The fourth-order valence-corrected chi connectivity index (χ4v) is 1.21. The summed E-state index contributed by atoms with van der Waals surface area (Å²) in [5.74, 6) is 0. The standard InChI is InChI=1S/C3H7O3.C2H4O.O.Ti/c1-5-3(4)6-2;1-2-3;;/h3H,1-2H3;2-3H,1H2;;/q-1;;;+2/p-1. The molecule has 0 aromatic rings. The second-order valence-electron chi connectivity index (χ2n) is 1.41. The molecule has 0 aromatic carbocycles. The zero-order chi connectivity index (χ0) is 8.69. The summed E-state index contributed by atoms with van der Waals surface area (Å²) in [5, 5.41) is 0. The van der Waals surface area contributed by atoms with Gasteiger partial charge in [0.05, 0.1) is 0 Å². The maximum atomic E-state index is 10.7. The Hall–Kier alpha value is -0.0657. The van der Waals surface area contributed by atoms with Gasteiger partial charge in [0.2, 0.25) is 0 Å². The van der Waals surface area contributed by atoms with E-state index in [1.54, 1.807) is 0 Å². The van der Waals surface area contributed by atoms with Crippen LogP contribution in [0.1, 0.15) is 0 Å². The van der Waals surface area contributed by atoms with Crippen molar-refractivity contribution in [1.29, 1.82) is 0 Å². The number of ether oxygens (including phenoxy) is 2. The normalized spacial score (nSPS) is 9.73. The summed E-state index contributed by atoms with van der Waals surface area (Å²) in [5.41, 5.74) is 0. The van der Waals surface area contributed by atoms with Crippen LogP contribution in [0.5, 0.6) is 0 Å². The van der Waals surface area contributed by atoms with Gasteiger partial charge in [-0.1, -0.05) is 0 Å². The Morgan fingerprint density at radius 3 is 2.36 bits per heavy atom. The predicted octanol–water partition coefficient (Wildman–Crippen LogP) is 0.533. The van der Waals surface area contributed by atoms with Crippen LogP contribution >= 0.6 is 0 Å². The molecule has 0 heterocycles. The van der Waals surface area contributed by atoms with Crippen molar-refractivity contribution in [3.8, 4) is 0 Å². The van der Waals surface area contributed by atoms with Gasteiger partial charge in [-0.3, -0.25) is 0 Å². The Morgan fingerprint density at radius 2 is 2.00 bits per heavy atom. The van der Waals surface area contributed by atoms with Crippen molar-refractivity contribution in [2.45, 2.75) is 6.48 Å². The van der Waals surface area contributed by atoms with Gasteiger partial charge in [-0.2, -0.15) is 0 Å². The molecule has 5 nitrogen and oxygen atoms in total. The maximum absolute atomic E-state index is 10.7. The fraction of sp³-hybridized carbons (Fsp3) is 0.600. The Kier molecular flexibility index (Phi) is 6.59. The number of hydrogen-bond donors (Lipinski definition) is 0. The average Bonchev–Trinajstić information content (AvgIpc) is 2.01. The van der Waals surface area contributed by atoms with Crippen LogP contribution in [-0.4, -0.2) is 20.7 Å². The molecule has 0 bridgehead atoms. The summed E-state index contributed by atoms with van der Waals surface area (Å²) in [6.07, 6.45) is 1.06. The van der Waals surface area contributed by atoms with Gasteiger partial charge in [0.25, 0.3) is 0 Å². The molecule has 0 saturated heterocycles. The van der Waals surface area contributed by atoms with Gasteiger partial charge in [0.1, 0.15) is 0 Å². The molecule has 0 unspecified atom stereocenters. The second kappa shape index (κ2) is 6.63. The van der Waals surface area contributed by atoms with E-state index in [2.05, 4.69) is 22.7 Å². The average molecular weight is 198 g/mol. The SMILES string of the molecule is C=C[O][Ti](=[O])[O]C(OC)OC. The quantitative estimate of drug-likeness (QED) is 0.354. The zero-order valence-corrected chi connectivity index (χ0v) is 7.96. The Balaban J connectivity index is 3.62. The summed E-state index contributed by atoms with van der Waals surface area (Å²) in [7, 11) is 2.74. The molecular weight excluding hydrogens is 188 g/mol. The Bertz CT molecular complexity index is 133. The van der Waals surface area contributed by atoms with Gasteiger partial charge in [0, 0.05) is 0 Å². The molecule has 0 radical (unpaired) electrons. The summed E-state index contributed by atoms with van der Waals surface area (Å²) in [6.45, 7) is 2.29. The molecule has 0 atom stereocenters. The molecule has 0 rings (SSSR count). The molecule has 0 fully saturated rings. The number of methoxy groups -OCH3 is 2. The van der Waals surface area contributed by atoms with Crippen LogP contribution in [0.4, 0.5) is 0 Å². The summed E-state index contributed by atoms with van der Waals surface area (Å²) < 4.78 is 29.1. The monoisotopic (exact) mass is 198 g/mol. The van der Waals surface area contributed by atoms with E-state index < -0.39 is 25.1 Å². The van der Waals surface area contributed by atoms with Gasteiger partial charge in [-0.25, -0.2) is 0 Å². The van der Waals surface area contributed by atoms with Gasteiger partial charge in [0.15, 0.2) is 0 Å². The van der Waals surface area contributed by atoms with E-state index in [1.807, 2.05) is 0 Å². The molecule has 64 valence electrons. The summed E-state index contributed by atoms with van der Waals surface area (Å²) in [4.78, 5) is 0. The van der Waals surface area contributed by atoms with Crippen molar-refractivity contribution in [2.75, 3.05) is 14.2 Å². The van der Waals surface area contributed by atoms with Crippen molar-refractivity contribution >= 4 is 0 Å². The first-order chi connectivity index (χ1) is 5.24. The molecule has 0 spiro atoms. The summed E-state index contributed by atoms with van der Waals surface area (Å²) in [6, 6.07) is 0. The molecule has 0 aromatic heterocycles. The van der Waals surface area contributed by atoms with E-state index in [4.69, 9.17) is 0 Å². The van der Waals surface area contributed by atoms with E-state index in [9.17, 15) is 3.32 Å². The van der Waals surface area contributed by atoms with Crippen LogP contribution in [0, 0.1) is 0 Å². The van der Waals surface area contributed by atoms with Crippen molar-refractivity contribution in [3.63, 3.8) is 0 Å². The van der Waals surface area contributed by atoms with Gasteiger partial charge in [-0.05, 0) is 0 Å². The van der Waals surface area contributed by atoms with Crippen LogP contribution < -0.4 is 0 Å². The molecule has 0 aliphatic rings. The van der Waals surface area contributed by atoms with E-state index >= 15 is 0 Å². The van der Waals surface area contributed by atoms with Crippen LogP contribution in [0.2, 0.25) is 0 Å². The second-order valence-corrected chi connectivity index (χ2v) is 2.93. The van der Waals surface area contributed by atoms with Crippen LogP contribution in [-0.2, 0) is 38.1 Å². The molecule has 11 heavy (non-hydrogen) atoms. The van der Waals surface area contributed by atoms with Crippen LogP contribution in [0.15, 0.2) is 12.8 Å². The van der Waals surface area contributed by atoms with E-state index in [0.717, 1.165) is 6.26 Å². The zero-order valence-electron chi connectivity index (χ0n) is 6.40. The third-order valence-electron chi connectivity index (χ3n) is 0.757. The molecule has 0 aliphatic heterocycles. The van der Waals surface area contributed by atoms with E-state index in [0.29, 0.717) is 0 Å². The molecule has 6 heteroatoms. The minimum absolute atomic E-state index is 0.928. The first-order valence-electron chi connectivity index (χ1n) is 2.78. The van der Waals surface area contributed by atoms with Gasteiger partial charge < -0.3 is 0 Å². The first-order valence-corrected chi connectivity index (χ1v) is 4.69. The number of hydrogen-bond acceptors (Lipinski definition) is 5. The molecule has 0 N–H and O–H groups in total. The van der Waals surface area contributed by atoms with Crippen molar-refractivity contribution in [2.24, 2.45) is 0 Å². The van der Waals surface area contributed by atoms with Gasteiger partial charge >= 0.3 is 71.6 Å². The fourth-order valence-electron chi connectivity index (χ4n) is 0.367. The van der Waals surface area contributed by atoms with Crippen molar-refractivity contribution < 1.29 is 38.1 Å². The molecule has 0 saturated carbocycles. The van der Waals surface area contributed by atoms with Crippen LogP contribution in [0.3, 0.4) is 0 Å². The third kappa shape index (κ3) is 5.23. The Labute approximate surface area is 72.0 Å². The molecule has 0 aliphatic carbocycles. The summed E-state index contributed by atoms with van der Waals surface area (Å²) >= 11 is -3.16. The van der Waals surface area contributed by atoms with E-state index in [-0.39, 0.29) is 0 Å². The predicted molar refractivity (Wildman–Crippen MR) is 30.9 cm³/mol. The van der Waals surface area contributed by atoms with Crippen molar-refractivity contribution in [3.05, 3.63) is 12.8 Å². The van der Waals surface area contributed by atoms with Gasteiger partial charge in [-0.15, -0.1) is 0 Å². The first kappa shape index (κ1) is 10.9. The van der Waals surface area contributed by atoms with Crippen molar-refractivity contribution in [1.82, 2.24) is 0 Å². The topological polar surface area (TPSA) is 54.0 Å².